The maximum atomic E-state index is 13.0. The minimum absolute atomic E-state index is 0.0565. The zero-order valence-corrected chi connectivity index (χ0v) is 13.0. The minimum atomic E-state index is 0.0565. The SMILES string of the molecule is Cc1[nH]c2ccccc2c1C(=O)[C@@H](C)[NH+]1CCCCCC1. The minimum Gasteiger partial charge on any atom is -0.358 e. The van der Waals surface area contributed by atoms with Crippen molar-refractivity contribution in [1.29, 1.82) is 0 Å². The Balaban J connectivity index is 1.90. The molecule has 1 fully saturated rings. The van der Waals surface area contributed by atoms with Crippen LogP contribution in [-0.4, -0.2) is 29.9 Å². The summed E-state index contributed by atoms with van der Waals surface area (Å²) in [5.74, 6) is 0.293. The van der Waals surface area contributed by atoms with E-state index in [1.165, 1.54) is 30.6 Å². The van der Waals surface area contributed by atoms with Gasteiger partial charge in [-0.1, -0.05) is 18.2 Å². The average Bonchev–Trinajstić information content (AvgIpc) is 2.67. The van der Waals surface area contributed by atoms with E-state index in [2.05, 4.69) is 18.0 Å². The van der Waals surface area contributed by atoms with Gasteiger partial charge in [0.15, 0.2) is 0 Å². The van der Waals surface area contributed by atoms with Gasteiger partial charge in [-0.05, 0) is 45.6 Å². The maximum Gasteiger partial charge on any atom is 0.222 e. The molecule has 2 heterocycles. The molecule has 0 radical (unpaired) electrons. The lowest BCUT2D eigenvalue weighted by molar-refractivity contribution is -0.912. The number of ketones is 1. The molecule has 0 bridgehead atoms. The molecule has 21 heavy (non-hydrogen) atoms. The van der Waals surface area contributed by atoms with E-state index >= 15 is 0 Å². The van der Waals surface area contributed by atoms with Crippen molar-refractivity contribution >= 4 is 16.7 Å². The van der Waals surface area contributed by atoms with Crippen LogP contribution in [0.4, 0.5) is 0 Å². The molecule has 1 aliphatic rings. The van der Waals surface area contributed by atoms with Crippen LogP contribution in [0, 0.1) is 6.92 Å². The number of aryl methyl sites for hydroxylation is 1. The van der Waals surface area contributed by atoms with E-state index in [0.29, 0.717) is 5.78 Å². The fraction of sp³-hybridized carbons (Fsp3) is 0.500. The second-order valence-corrected chi connectivity index (χ2v) is 6.33. The Bertz CT molecular complexity index is 636. The smallest absolute Gasteiger partial charge is 0.222 e. The van der Waals surface area contributed by atoms with Crippen molar-refractivity contribution in [2.24, 2.45) is 0 Å². The average molecular weight is 285 g/mol. The Morgan fingerprint density at radius 2 is 1.81 bits per heavy atom. The molecule has 0 spiro atoms. The highest BCUT2D eigenvalue weighted by Gasteiger charge is 2.29. The summed E-state index contributed by atoms with van der Waals surface area (Å²) in [5.41, 5.74) is 2.97. The summed E-state index contributed by atoms with van der Waals surface area (Å²) in [7, 11) is 0. The van der Waals surface area contributed by atoms with Crippen molar-refractivity contribution in [2.75, 3.05) is 13.1 Å². The Hall–Kier alpha value is -1.61. The van der Waals surface area contributed by atoms with Gasteiger partial charge in [0.25, 0.3) is 0 Å². The van der Waals surface area contributed by atoms with Crippen molar-refractivity contribution in [3.05, 3.63) is 35.5 Å². The van der Waals surface area contributed by atoms with Crippen molar-refractivity contribution in [3.63, 3.8) is 0 Å². The molecule has 0 amide bonds. The molecule has 2 aromatic rings. The van der Waals surface area contributed by atoms with Crippen LogP contribution in [0.2, 0.25) is 0 Å². The normalized spacial score (nSPS) is 18.6. The quantitative estimate of drug-likeness (QED) is 0.835. The van der Waals surface area contributed by atoms with E-state index in [0.717, 1.165) is 35.2 Å². The van der Waals surface area contributed by atoms with E-state index < -0.39 is 0 Å². The van der Waals surface area contributed by atoms with Crippen LogP contribution < -0.4 is 4.90 Å². The lowest BCUT2D eigenvalue weighted by atomic mass is 10.0. The number of carbonyl (C=O) groups is 1. The van der Waals surface area contributed by atoms with Crippen molar-refractivity contribution in [2.45, 2.75) is 45.6 Å². The Labute approximate surface area is 126 Å². The van der Waals surface area contributed by atoms with E-state index in [9.17, 15) is 4.79 Å². The summed E-state index contributed by atoms with van der Waals surface area (Å²) in [5, 5.41) is 1.07. The second-order valence-electron chi connectivity index (χ2n) is 6.33. The van der Waals surface area contributed by atoms with Gasteiger partial charge in [0.2, 0.25) is 5.78 Å². The number of benzene rings is 1. The first kappa shape index (κ1) is 14.3. The number of carbonyl (C=O) groups excluding carboxylic acids is 1. The Morgan fingerprint density at radius 3 is 2.52 bits per heavy atom. The van der Waals surface area contributed by atoms with Gasteiger partial charge in [-0.2, -0.15) is 0 Å². The zero-order valence-electron chi connectivity index (χ0n) is 13.0. The number of likely N-dealkylation sites (tertiary alicyclic amines) is 1. The standard InChI is InChI=1S/C18H24N2O/c1-13-17(15-9-5-6-10-16(15)19-13)18(21)14(2)20-11-7-3-4-8-12-20/h5-6,9-10,14,19H,3-4,7-8,11-12H2,1-2H3/p+1/t14-/m1/s1. The molecule has 1 aromatic carbocycles. The summed E-state index contributed by atoms with van der Waals surface area (Å²) in [6, 6.07) is 8.17. The predicted octanol–water partition coefficient (Wildman–Crippen LogP) is 2.51. The van der Waals surface area contributed by atoms with Crippen LogP contribution in [-0.2, 0) is 0 Å². The van der Waals surface area contributed by atoms with Crippen LogP contribution in [0.15, 0.2) is 24.3 Å². The first-order valence-electron chi connectivity index (χ1n) is 8.14. The number of nitrogens with one attached hydrogen (secondary N) is 2. The molecule has 1 aromatic heterocycles. The molecular weight excluding hydrogens is 260 g/mol. The number of hydrogen-bond donors (Lipinski definition) is 2. The van der Waals surface area contributed by atoms with E-state index in [1.807, 2.05) is 25.1 Å². The number of rotatable bonds is 3. The summed E-state index contributed by atoms with van der Waals surface area (Å²) in [6.45, 7) is 6.38. The topological polar surface area (TPSA) is 37.3 Å². The lowest BCUT2D eigenvalue weighted by Crippen LogP contribution is -3.16. The highest BCUT2D eigenvalue weighted by atomic mass is 16.1. The largest absolute Gasteiger partial charge is 0.358 e. The number of Topliss-reactive ketones (excluding diaryl/α,β-unsaturated/α-hetero) is 1. The molecule has 3 heteroatoms. The van der Waals surface area contributed by atoms with Gasteiger partial charge < -0.3 is 9.88 Å². The third-order valence-corrected chi connectivity index (χ3v) is 4.89. The molecule has 0 aliphatic carbocycles. The molecule has 1 aliphatic heterocycles. The molecule has 1 atom stereocenters. The van der Waals surface area contributed by atoms with Gasteiger partial charge in [0.1, 0.15) is 6.04 Å². The third kappa shape index (κ3) is 2.75. The van der Waals surface area contributed by atoms with Crippen molar-refractivity contribution in [1.82, 2.24) is 4.98 Å². The van der Waals surface area contributed by atoms with Gasteiger partial charge in [-0.15, -0.1) is 0 Å². The molecule has 3 nitrogen and oxygen atoms in total. The molecule has 2 N–H and O–H groups in total. The third-order valence-electron chi connectivity index (χ3n) is 4.89. The second kappa shape index (κ2) is 6.02. The fourth-order valence-electron chi connectivity index (χ4n) is 3.61. The monoisotopic (exact) mass is 285 g/mol. The molecular formula is C18H25N2O+. The highest BCUT2D eigenvalue weighted by Crippen LogP contribution is 2.22. The van der Waals surface area contributed by atoms with Crippen LogP contribution >= 0.6 is 0 Å². The van der Waals surface area contributed by atoms with Crippen LogP contribution in [0.5, 0.6) is 0 Å². The van der Waals surface area contributed by atoms with E-state index in [1.54, 1.807) is 0 Å². The van der Waals surface area contributed by atoms with Gasteiger partial charge in [0.05, 0.1) is 18.7 Å². The number of quaternary nitrogens is 1. The van der Waals surface area contributed by atoms with Crippen LogP contribution in [0.3, 0.4) is 0 Å². The number of fused-ring (bicyclic) bond motifs is 1. The van der Waals surface area contributed by atoms with Crippen molar-refractivity contribution < 1.29 is 9.69 Å². The van der Waals surface area contributed by atoms with Gasteiger partial charge in [-0.3, -0.25) is 4.79 Å². The van der Waals surface area contributed by atoms with Crippen LogP contribution in [0.25, 0.3) is 10.9 Å². The van der Waals surface area contributed by atoms with Gasteiger partial charge in [0, 0.05) is 16.6 Å². The van der Waals surface area contributed by atoms with Crippen LogP contribution in [0.1, 0.15) is 48.7 Å². The van der Waals surface area contributed by atoms with Crippen molar-refractivity contribution in [3.8, 4) is 0 Å². The molecule has 0 saturated carbocycles. The summed E-state index contributed by atoms with van der Waals surface area (Å²) in [4.78, 5) is 17.8. The summed E-state index contributed by atoms with van der Waals surface area (Å²) < 4.78 is 0. The first-order chi connectivity index (χ1) is 10.2. The Morgan fingerprint density at radius 1 is 1.14 bits per heavy atom. The molecule has 112 valence electrons. The summed E-state index contributed by atoms with van der Waals surface area (Å²) in [6.07, 6.45) is 5.13. The zero-order chi connectivity index (χ0) is 14.8. The molecule has 3 rings (SSSR count). The molecule has 1 saturated heterocycles. The lowest BCUT2D eigenvalue weighted by Gasteiger charge is -2.23. The van der Waals surface area contributed by atoms with E-state index in [-0.39, 0.29) is 6.04 Å². The number of H-pyrrole nitrogens is 1. The maximum absolute atomic E-state index is 13.0. The number of aromatic nitrogens is 1. The number of para-hydroxylation sites is 1. The fourth-order valence-corrected chi connectivity index (χ4v) is 3.61. The van der Waals surface area contributed by atoms with Gasteiger partial charge >= 0.3 is 0 Å². The number of hydrogen-bond acceptors (Lipinski definition) is 1. The first-order valence-corrected chi connectivity index (χ1v) is 8.14. The number of aromatic amines is 1. The predicted molar refractivity (Wildman–Crippen MR) is 86.0 cm³/mol. The molecule has 0 unspecified atom stereocenters. The Kier molecular flexibility index (Phi) is 4.11. The van der Waals surface area contributed by atoms with E-state index in [4.69, 9.17) is 0 Å². The van der Waals surface area contributed by atoms with Gasteiger partial charge in [-0.25, -0.2) is 0 Å². The summed E-state index contributed by atoms with van der Waals surface area (Å²) >= 11 is 0. The highest BCUT2D eigenvalue weighted by molar-refractivity contribution is 6.10.